The van der Waals surface area contributed by atoms with Gasteiger partial charge in [-0.1, -0.05) is 6.92 Å². The number of hydrogen-bond donors (Lipinski definition) is 1. The summed E-state index contributed by atoms with van der Waals surface area (Å²) in [5.41, 5.74) is 6.80. The Bertz CT molecular complexity index is 389. The van der Waals surface area contributed by atoms with Crippen LogP contribution in [0.15, 0.2) is 10.5 Å². The van der Waals surface area contributed by atoms with E-state index in [2.05, 4.69) is 17.9 Å². The highest BCUT2D eigenvalue weighted by molar-refractivity contribution is 5.20. The van der Waals surface area contributed by atoms with E-state index < -0.39 is 0 Å². The summed E-state index contributed by atoms with van der Waals surface area (Å²) in [6, 6.07) is 2.09. The van der Waals surface area contributed by atoms with Crippen LogP contribution in [0.4, 0.5) is 0 Å². The molecule has 1 unspecified atom stereocenters. The zero-order valence-electron chi connectivity index (χ0n) is 12.2. The molecule has 2 heterocycles. The van der Waals surface area contributed by atoms with E-state index in [1.807, 2.05) is 6.92 Å². The lowest BCUT2D eigenvalue weighted by Crippen LogP contribution is -2.39. The van der Waals surface area contributed by atoms with E-state index >= 15 is 0 Å². The summed E-state index contributed by atoms with van der Waals surface area (Å²) < 4.78 is 11.6. The number of furan rings is 1. The highest BCUT2D eigenvalue weighted by atomic mass is 16.5. The molecule has 1 saturated heterocycles. The zero-order chi connectivity index (χ0) is 13.7. The van der Waals surface area contributed by atoms with Crippen molar-refractivity contribution >= 4 is 0 Å². The molecular weight excluding hydrogens is 240 g/mol. The average Bonchev–Trinajstić information content (AvgIpc) is 2.77. The Morgan fingerprint density at radius 3 is 3.05 bits per heavy atom. The maximum Gasteiger partial charge on any atom is 0.118 e. The van der Waals surface area contributed by atoms with Crippen molar-refractivity contribution in [2.24, 2.45) is 5.73 Å². The predicted molar refractivity (Wildman–Crippen MR) is 75.9 cm³/mol. The Labute approximate surface area is 115 Å². The maximum atomic E-state index is 5.86. The van der Waals surface area contributed by atoms with Crippen LogP contribution in [0, 0.1) is 6.92 Å². The molecule has 0 aliphatic carbocycles. The van der Waals surface area contributed by atoms with E-state index in [1.165, 1.54) is 12.8 Å². The first kappa shape index (κ1) is 14.6. The maximum absolute atomic E-state index is 5.86. The molecular formula is C15H26N2O2. The van der Waals surface area contributed by atoms with Crippen molar-refractivity contribution in [1.29, 1.82) is 0 Å². The van der Waals surface area contributed by atoms with Gasteiger partial charge in [-0.15, -0.1) is 0 Å². The molecule has 0 bridgehead atoms. The lowest BCUT2D eigenvalue weighted by Gasteiger charge is -2.31. The van der Waals surface area contributed by atoms with E-state index in [-0.39, 0.29) is 0 Å². The van der Waals surface area contributed by atoms with E-state index in [0.29, 0.717) is 12.6 Å². The highest BCUT2D eigenvalue weighted by Gasteiger charge is 2.21. The number of aryl methyl sites for hydroxylation is 1. The van der Waals surface area contributed by atoms with Gasteiger partial charge in [0.25, 0.3) is 0 Å². The SMILES string of the molecule is CCCOC1CCCN(Cc2cc(CN)c(C)o2)C1. The molecule has 1 fully saturated rings. The van der Waals surface area contributed by atoms with Crippen molar-refractivity contribution in [2.75, 3.05) is 19.7 Å². The third kappa shape index (κ3) is 4.06. The van der Waals surface area contributed by atoms with Crippen molar-refractivity contribution < 1.29 is 9.15 Å². The fraction of sp³-hybridized carbons (Fsp3) is 0.733. The Kier molecular flexibility index (Phi) is 5.43. The number of piperidine rings is 1. The van der Waals surface area contributed by atoms with Crippen LogP contribution in [0.2, 0.25) is 0 Å². The van der Waals surface area contributed by atoms with Gasteiger partial charge in [-0.05, 0) is 38.8 Å². The minimum Gasteiger partial charge on any atom is -0.465 e. The second-order valence-electron chi connectivity index (χ2n) is 5.37. The molecule has 0 aromatic carbocycles. The van der Waals surface area contributed by atoms with Gasteiger partial charge < -0.3 is 14.9 Å². The smallest absolute Gasteiger partial charge is 0.118 e. The Morgan fingerprint density at radius 1 is 1.53 bits per heavy atom. The van der Waals surface area contributed by atoms with Crippen molar-refractivity contribution in [3.05, 3.63) is 23.2 Å². The van der Waals surface area contributed by atoms with Crippen LogP contribution in [0.3, 0.4) is 0 Å². The van der Waals surface area contributed by atoms with Gasteiger partial charge in [0, 0.05) is 25.3 Å². The number of hydrogen-bond acceptors (Lipinski definition) is 4. The molecule has 4 heteroatoms. The fourth-order valence-corrected chi connectivity index (χ4v) is 2.67. The number of rotatable bonds is 6. The van der Waals surface area contributed by atoms with Gasteiger partial charge >= 0.3 is 0 Å². The first-order chi connectivity index (χ1) is 9.22. The standard InChI is InChI=1S/C15H26N2O2/c1-3-7-18-14-5-4-6-17(10-14)11-15-8-13(9-16)12(2)19-15/h8,14H,3-7,9-11,16H2,1-2H3. The van der Waals surface area contributed by atoms with Crippen LogP contribution in [0.1, 0.15) is 43.3 Å². The van der Waals surface area contributed by atoms with Crippen molar-refractivity contribution in [1.82, 2.24) is 4.90 Å². The summed E-state index contributed by atoms with van der Waals surface area (Å²) in [5.74, 6) is 1.97. The van der Waals surface area contributed by atoms with Crippen LogP contribution < -0.4 is 5.73 Å². The normalized spacial score (nSPS) is 20.9. The Morgan fingerprint density at radius 2 is 2.37 bits per heavy atom. The molecule has 0 amide bonds. The molecule has 19 heavy (non-hydrogen) atoms. The summed E-state index contributed by atoms with van der Waals surface area (Å²) in [5, 5.41) is 0. The molecule has 108 valence electrons. The van der Waals surface area contributed by atoms with Crippen molar-refractivity contribution in [2.45, 2.75) is 52.3 Å². The van der Waals surface area contributed by atoms with Gasteiger partial charge in [0.2, 0.25) is 0 Å². The molecule has 0 radical (unpaired) electrons. The number of likely N-dealkylation sites (tertiary alicyclic amines) is 1. The Balaban J connectivity index is 1.87. The quantitative estimate of drug-likeness (QED) is 0.859. The zero-order valence-corrected chi connectivity index (χ0v) is 12.2. The summed E-state index contributed by atoms with van der Waals surface area (Å²) >= 11 is 0. The van der Waals surface area contributed by atoms with Crippen LogP contribution in [-0.2, 0) is 17.8 Å². The molecule has 1 aromatic rings. The molecule has 1 atom stereocenters. The van der Waals surface area contributed by atoms with Gasteiger partial charge in [-0.25, -0.2) is 0 Å². The summed E-state index contributed by atoms with van der Waals surface area (Å²) in [7, 11) is 0. The molecule has 1 aromatic heterocycles. The summed E-state index contributed by atoms with van der Waals surface area (Å²) in [6.07, 6.45) is 3.87. The molecule has 4 nitrogen and oxygen atoms in total. The number of nitrogens with two attached hydrogens (primary N) is 1. The Hall–Kier alpha value is -0.840. The average molecular weight is 266 g/mol. The number of ether oxygens (including phenoxy) is 1. The van der Waals surface area contributed by atoms with Crippen LogP contribution in [-0.4, -0.2) is 30.7 Å². The van der Waals surface area contributed by atoms with Crippen LogP contribution in [0.5, 0.6) is 0 Å². The van der Waals surface area contributed by atoms with Crippen LogP contribution in [0.25, 0.3) is 0 Å². The van der Waals surface area contributed by atoms with Gasteiger partial charge in [0.15, 0.2) is 0 Å². The first-order valence-corrected chi connectivity index (χ1v) is 7.35. The van der Waals surface area contributed by atoms with E-state index in [0.717, 1.165) is 49.7 Å². The monoisotopic (exact) mass is 266 g/mol. The van der Waals surface area contributed by atoms with Crippen molar-refractivity contribution in [3.8, 4) is 0 Å². The molecule has 1 aliphatic rings. The minimum absolute atomic E-state index is 0.388. The topological polar surface area (TPSA) is 51.6 Å². The van der Waals surface area contributed by atoms with Gasteiger partial charge in [-0.2, -0.15) is 0 Å². The first-order valence-electron chi connectivity index (χ1n) is 7.35. The van der Waals surface area contributed by atoms with E-state index in [9.17, 15) is 0 Å². The van der Waals surface area contributed by atoms with Gasteiger partial charge in [0.1, 0.15) is 11.5 Å². The third-order valence-corrected chi connectivity index (χ3v) is 3.69. The lowest BCUT2D eigenvalue weighted by atomic mass is 10.1. The molecule has 1 aliphatic heterocycles. The van der Waals surface area contributed by atoms with Gasteiger partial charge in [-0.3, -0.25) is 4.90 Å². The molecule has 0 spiro atoms. The minimum atomic E-state index is 0.388. The highest BCUT2D eigenvalue weighted by Crippen LogP contribution is 2.19. The second kappa shape index (κ2) is 7.08. The number of nitrogens with zero attached hydrogens (tertiary/aromatic N) is 1. The van der Waals surface area contributed by atoms with E-state index in [1.54, 1.807) is 0 Å². The summed E-state index contributed by atoms with van der Waals surface area (Å²) in [6.45, 7) is 8.57. The van der Waals surface area contributed by atoms with Gasteiger partial charge in [0.05, 0.1) is 12.6 Å². The summed E-state index contributed by atoms with van der Waals surface area (Å²) in [4.78, 5) is 2.42. The molecule has 0 saturated carbocycles. The van der Waals surface area contributed by atoms with Crippen LogP contribution >= 0.6 is 0 Å². The van der Waals surface area contributed by atoms with Crippen molar-refractivity contribution in [3.63, 3.8) is 0 Å². The fourth-order valence-electron chi connectivity index (χ4n) is 2.67. The van der Waals surface area contributed by atoms with E-state index in [4.69, 9.17) is 14.9 Å². The molecule has 2 N–H and O–H groups in total. The molecule has 2 rings (SSSR count). The third-order valence-electron chi connectivity index (χ3n) is 3.69. The largest absolute Gasteiger partial charge is 0.465 e. The second-order valence-corrected chi connectivity index (χ2v) is 5.37. The predicted octanol–water partition coefficient (Wildman–Crippen LogP) is 2.44. The lowest BCUT2D eigenvalue weighted by molar-refractivity contribution is -0.00377.